The van der Waals surface area contributed by atoms with Crippen molar-refractivity contribution in [3.63, 3.8) is 0 Å². The summed E-state index contributed by atoms with van der Waals surface area (Å²) in [5.41, 5.74) is 7.67. The van der Waals surface area contributed by atoms with Crippen LogP contribution in [0.1, 0.15) is 56.6 Å². The van der Waals surface area contributed by atoms with Gasteiger partial charge >= 0.3 is 12.1 Å². The first-order chi connectivity index (χ1) is 20.1. The summed E-state index contributed by atoms with van der Waals surface area (Å²) < 4.78 is 6.11. The van der Waals surface area contributed by atoms with Crippen molar-refractivity contribution in [3.05, 3.63) is 65.9 Å². The molecule has 0 saturated heterocycles. The van der Waals surface area contributed by atoms with Crippen LogP contribution in [-0.2, 0) is 27.2 Å². The second-order valence-electron chi connectivity index (χ2n) is 13.0. The average Bonchev–Trinajstić information content (AvgIpc) is 3.33. The largest absolute Gasteiger partial charge is 0.481 e. The van der Waals surface area contributed by atoms with Gasteiger partial charge in [-0.1, -0.05) is 30.3 Å². The second-order valence-corrected chi connectivity index (χ2v) is 13.0. The molecule has 1 heterocycles. The Kier molecular flexibility index (Phi) is 7.60. The van der Waals surface area contributed by atoms with Crippen molar-refractivity contribution in [3.8, 4) is 0 Å². The second kappa shape index (κ2) is 11.3. The van der Waals surface area contributed by atoms with E-state index in [4.69, 9.17) is 10.5 Å². The first-order valence-electron chi connectivity index (χ1n) is 15.1. The van der Waals surface area contributed by atoms with Gasteiger partial charge in [-0.2, -0.15) is 0 Å². The van der Waals surface area contributed by atoms with E-state index < -0.39 is 29.6 Å². The summed E-state index contributed by atoms with van der Waals surface area (Å²) in [7, 11) is 0. The van der Waals surface area contributed by atoms with Gasteiger partial charge in [0.2, 0.25) is 5.91 Å². The minimum absolute atomic E-state index is 0.122. The maximum atomic E-state index is 14.0. The number of nitrogens with one attached hydrogen (secondary N) is 3. The monoisotopic (exact) mass is 572 g/mol. The van der Waals surface area contributed by atoms with E-state index in [9.17, 15) is 19.5 Å². The molecule has 4 bridgehead atoms. The van der Waals surface area contributed by atoms with Crippen LogP contribution in [0.25, 0.3) is 10.9 Å². The number of fused-ring (bicyclic) bond motifs is 1. The number of amides is 2. The Bertz CT molecular complexity index is 1440. The molecule has 4 saturated carbocycles. The van der Waals surface area contributed by atoms with E-state index in [-0.39, 0.29) is 18.9 Å². The number of nitrogens with two attached hydrogens (primary N) is 1. The van der Waals surface area contributed by atoms with Gasteiger partial charge in [-0.25, -0.2) is 4.79 Å². The van der Waals surface area contributed by atoms with Crippen molar-refractivity contribution in [2.75, 3.05) is 5.73 Å². The van der Waals surface area contributed by atoms with E-state index in [1.54, 1.807) is 19.1 Å². The van der Waals surface area contributed by atoms with Crippen LogP contribution in [-0.4, -0.2) is 45.7 Å². The number of carbonyl (C=O) groups is 3. The number of benzene rings is 2. The van der Waals surface area contributed by atoms with Crippen LogP contribution in [0.15, 0.2) is 54.7 Å². The predicted molar refractivity (Wildman–Crippen MR) is 160 cm³/mol. The molecular formula is C33H40N4O5. The van der Waals surface area contributed by atoms with Gasteiger partial charge in [-0.15, -0.1) is 0 Å². The molecular weight excluding hydrogens is 532 g/mol. The summed E-state index contributed by atoms with van der Waals surface area (Å²) in [5, 5.41) is 16.4. The third-order valence-electron chi connectivity index (χ3n) is 9.70. The molecule has 42 heavy (non-hydrogen) atoms. The minimum atomic E-state index is -1.40. The standard InChI is InChI=1S/C33H40N4O5/c1-33(17-24-18-35-28-5-3-2-4-27(24)28,31(40)36-26(16-29(38)39)15-19-6-8-25(34)9-7-19)37-32(41)42-30-22-11-20-10-21(13-22)14-23(30)12-20/h2-9,18,20-23,26,30,35H,10-17,34H2,1H3,(H,36,40)(H,37,41)(H,38,39)/t20?,21?,22?,23?,26-,30?,33+/m1/s1. The zero-order valence-electron chi connectivity index (χ0n) is 24.0. The number of aromatic amines is 1. The number of carbonyl (C=O) groups excluding carboxylic acids is 2. The summed E-state index contributed by atoms with van der Waals surface area (Å²) in [6.45, 7) is 1.68. The van der Waals surface area contributed by atoms with E-state index >= 15 is 0 Å². The third-order valence-corrected chi connectivity index (χ3v) is 9.70. The van der Waals surface area contributed by atoms with Gasteiger partial charge in [0.05, 0.1) is 6.42 Å². The lowest BCUT2D eigenvalue weighted by molar-refractivity contribution is -0.138. The number of aromatic nitrogens is 1. The molecule has 2 atom stereocenters. The molecule has 0 aliphatic heterocycles. The quantitative estimate of drug-likeness (QED) is 0.221. The first-order valence-corrected chi connectivity index (χ1v) is 15.1. The number of ether oxygens (including phenoxy) is 1. The van der Waals surface area contributed by atoms with Crippen molar-refractivity contribution in [2.45, 2.75) is 76.0 Å². The fourth-order valence-corrected chi connectivity index (χ4v) is 7.95. The summed E-state index contributed by atoms with van der Waals surface area (Å²) in [6, 6.07) is 14.2. The molecule has 9 nitrogen and oxygen atoms in total. The number of nitrogen functional groups attached to an aromatic ring is 1. The number of hydrogen-bond donors (Lipinski definition) is 5. The molecule has 9 heteroatoms. The van der Waals surface area contributed by atoms with E-state index in [0.29, 0.717) is 23.9 Å². The van der Waals surface area contributed by atoms with Crippen molar-refractivity contribution in [2.24, 2.45) is 23.7 Å². The molecule has 0 spiro atoms. The van der Waals surface area contributed by atoms with E-state index in [0.717, 1.165) is 59.5 Å². The smallest absolute Gasteiger partial charge is 0.408 e. The Hall–Kier alpha value is -4.01. The van der Waals surface area contributed by atoms with Crippen LogP contribution in [0.2, 0.25) is 0 Å². The number of H-pyrrole nitrogens is 1. The van der Waals surface area contributed by atoms with Crippen LogP contribution < -0.4 is 16.4 Å². The van der Waals surface area contributed by atoms with Gasteiger partial charge in [0.1, 0.15) is 11.6 Å². The lowest BCUT2D eigenvalue weighted by Crippen LogP contribution is -2.61. The molecule has 1 aromatic heterocycles. The number of hydrogen-bond acceptors (Lipinski definition) is 5. The third kappa shape index (κ3) is 5.96. The maximum absolute atomic E-state index is 14.0. The lowest BCUT2D eigenvalue weighted by Gasteiger charge is -2.53. The molecule has 4 aliphatic carbocycles. The fourth-order valence-electron chi connectivity index (χ4n) is 7.95. The van der Waals surface area contributed by atoms with Crippen molar-refractivity contribution < 1.29 is 24.2 Å². The molecule has 0 unspecified atom stereocenters. The van der Waals surface area contributed by atoms with Gasteiger partial charge in [0.15, 0.2) is 0 Å². The highest BCUT2D eigenvalue weighted by atomic mass is 16.6. The topological polar surface area (TPSA) is 147 Å². The van der Waals surface area contributed by atoms with Gasteiger partial charge in [-0.05, 0) is 98.4 Å². The summed E-state index contributed by atoms with van der Waals surface area (Å²) in [6.07, 6.45) is 7.12. The zero-order valence-corrected chi connectivity index (χ0v) is 24.0. The Morgan fingerprint density at radius 3 is 2.36 bits per heavy atom. The van der Waals surface area contributed by atoms with Crippen LogP contribution >= 0.6 is 0 Å². The van der Waals surface area contributed by atoms with Crippen LogP contribution in [0.4, 0.5) is 10.5 Å². The van der Waals surface area contributed by atoms with E-state index in [1.807, 2.05) is 42.6 Å². The normalized spacial score (nSPS) is 26.4. The Morgan fingerprint density at radius 1 is 1.02 bits per heavy atom. The van der Waals surface area contributed by atoms with Gasteiger partial charge in [0, 0.05) is 35.2 Å². The van der Waals surface area contributed by atoms with Gasteiger partial charge in [0.25, 0.3) is 0 Å². The molecule has 4 aliphatic rings. The van der Waals surface area contributed by atoms with Crippen LogP contribution in [0.3, 0.4) is 0 Å². The van der Waals surface area contributed by atoms with Crippen molar-refractivity contribution >= 4 is 34.6 Å². The summed E-state index contributed by atoms with van der Waals surface area (Å²) >= 11 is 0. The number of anilines is 1. The molecule has 2 amide bonds. The summed E-state index contributed by atoms with van der Waals surface area (Å²) in [4.78, 5) is 42.5. The number of para-hydroxylation sites is 1. The highest BCUT2D eigenvalue weighted by Crippen LogP contribution is 2.54. The molecule has 222 valence electrons. The maximum Gasteiger partial charge on any atom is 0.408 e. The van der Waals surface area contributed by atoms with E-state index in [1.165, 1.54) is 6.42 Å². The SMILES string of the molecule is C[C@@](Cc1c[nH]c2ccccc12)(NC(=O)OC1C2CC3CC(C2)CC1C3)C(=O)N[C@@H](CC(=O)O)Cc1ccc(N)cc1. The molecule has 2 aromatic carbocycles. The van der Waals surface area contributed by atoms with Gasteiger partial charge in [-0.3, -0.25) is 9.59 Å². The summed E-state index contributed by atoms with van der Waals surface area (Å²) in [5.74, 6) is 0.794. The highest BCUT2D eigenvalue weighted by Gasteiger charge is 2.50. The molecule has 4 fully saturated rings. The lowest BCUT2D eigenvalue weighted by atomic mass is 9.55. The highest BCUT2D eigenvalue weighted by molar-refractivity contribution is 5.92. The van der Waals surface area contributed by atoms with E-state index in [2.05, 4.69) is 15.6 Å². The van der Waals surface area contributed by atoms with Gasteiger partial charge < -0.3 is 31.2 Å². The zero-order chi connectivity index (χ0) is 29.4. The van der Waals surface area contributed by atoms with Crippen molar-refractivity contribution in [1.82, 2.24) is 15.6 Å². The molecule has 7 rings (SSSR count). The number of alkyl carbamates (subject to hydrolysis) is 1. The van der Waals surface area contributed by atoms with Crippen LogP contribution in [0.5, 0.6) is 0 Å². The number of rotatable bonds is 10. The number of carboxylic acid groups (broad SMARTS) is 1. The molecule has 3 aromatic rings. The minimum Gasteiger partial charge on any atom is -0.481 e. The Labute approximate surface area is 245 Å². The van der Waals surface area contributed by atoms with Crippen LogP contribution in [0, 0.1) is 23.7 Å². The fraction of sp³-hybridized carbons (Fsp3) is 0.485. The number of carboxylic acids is 1. The Balaban J connectivity index is 1.22. The first kappa shape index (κ1) is 28.1. The Morgan fingerprint density at radius 2 is 1.69 bits per heavy atom. The van der Waals surface area contributed by atoms with Crippen molar-refractivity contribution in [1.29, 1.82) is 0 Å². The molecule has 0 radical (unpaired) electrons. The average molecular weight is 573 g/mol. The predicted octanol–water partition coefficient (Wildman–Crippen LogP) is 4.80. The molecule has 6 N–H and O–H groups in total. The number of aliphatic carboxylic acids is 1.